The molecule has 31 heavy (non-hydrogen) atoms. The maximum absolute atomic E-state index is 12.6. The normalized spacial score (nSPS) is 10.7. The molecule has 0 bridgehead atoms. The topological polar surface area (TPSA) is 134 Å². The molecule has 0 aromatic heterocycles. The van der Waals surface area contributed by atoms with Gasteiger partial charge in [-0.05, 0) is 36.4 Å². The van der Waals surface area contributed by atoms with Crippen molar-refractivity contribution in [1.29, 1.82) is 0 Å². The van der Waals surface area contributed by atoms with E-state index in [1.54, 1.807) is 0 Å². The maximum Gasteiger partial charge on any atom is 0.337 e. The first-order chi connectivity index (χ1) is 14.7. The molecule has 0 aliphatic heterocycles. The fourth-order valence-electron chi connectivity index (χ4n) is 2.59. The number of carboxylic acid groups (broad SMARTS) is 2. The molecule has 0 atom stereocenters. The van der Waals surface area contributed by atoms with Crippen molar-refractivity contribution in [3.8, 4) is 11.5 Å². The second kappa shape index (κ2) is 8.56. The van der Waals surface area contributed by atoms with Gasteiger partial charge in [-0.3, -0.25) is 4.72 Å². The molecule has 3 aromatic carbocycles. The van der Waals surface area contributed by atoms with Crippen LogP contribution in [0.3, 0.4) is 0 Å². The van der Waals surface area contributed by atoms with Crippen LogP contribution in [0, 0.1) is 6.57 Å². The Bertz CT molecular complexity index is 1310. The van der Waals surface area contributed by atoms with Gasteiger partial charge >= 0.3 is 11.9 Å². The average Bonchev–Trinajstić information content (AvgIpc) is 2.74. The van der Waals surface area contributed by atoms with E-state index in [-0.39, 0.29) is 38.9 Å². The van der Waals surface area contributed by atoms with Crippen molar-refractivity contribution in [3.63, 3.8) is 0 Å². The molecule has 0 heterocycles. The van der Waals surface area contributed by atoms with Gasteiger partial charge in [0, 0.05) is 0 Å². The highest BCUT2D eigenvalue weighted by Crippen LogP contribution is 2.29. The molecule has 3 N–H and O–H groups in total. The van der Waals surface area contributed by atoms with E-state index < -0.39 is 22.0 Å². The lowest BCUT2D eigenvalue weighted by molar-refractivity contribution is 0.0686. The summed E-state index contributed by atoms with van der Waals surface area (Å²) >= 11 is 0. The van der Waals surface area contributed by atoms with E-state index in [4.69, 9.17) is 16.4 Å². The van der Waals surface area contributed by atoms with Crippen LogP contribution in [0.5, 0.6) is 11.5 Å². The summed E-state index contributed by atoms with van der Waals surface area (Å²) in [6.45, 7) is 6.91. The number of aromatic carboxylic acids is 2. The van der Waals surface area contributed by atoms with E-state index >= 15 is 0 Å². The molecule has 0 aliphatic rings. The van der Waals surface area contributed by atoms with Crippen LogP contribution in [0.15, 0.2) is 71.6 Å². The first kappa shape index (κ1) is 21.4. The maximum atomic E-state index is 12.6. The third-order valence-electron chi connectivity index (χ3n) is 4.06. The zero-order valence-corrected chi connectivity index (χ0v) is 16.5. The number of benzene rings is 3. The highest BCUT2D eigenvalue weighted by atomic mass is 32.2. The van der Waals surface area contributed by atoms with E-state index in [1.165, 1.54) is 60.7 Å². The van der Waals surface area contributed by atoms with Gasteiger partial charge in [-0.15, -0.1) is 0 Å². The lowest BCUT2D eigenvalue weighted by atomic mass is 10.1. The van der Waals surface area contributed by atoms with Crippen LogP contribution in [-0.4, -0.2) is 30.6 Å². The molecule has 0 unspecified atom stereocenters. The van der Waals surface area contributed by atoms with Gasteiger partial charge in [0.15, 0.2) is 5.69 Å². The van der Waals surface area contributed by atoms with E-state index in [0.717, 1.165) is 6.07 Å². The highest BCUT2D eigenvalue weighted by molar-refractivity contribution is 7.92. The Labute approximate surface area is 177 Å². The molecule has 0 amide bonds. The Hall–Kier alpha value is -4.36. The quantitative estimate of drug-likeness (QED) is 0.470. The van der Waals surface area contributed by atoms with Crippen molar-refractivity contribution in [3.05, 3.63) is 89.3 Å². The lowest BCUT2D eigenvalue weighted by Gasteiger charge is -2.13. The molecular formula is C21H14N2O7S. The minimum Gasteiger partial charge on any atom is -0.478 e. The van der Waals surface area contributed by atoms with Crippen LogP contribution >= 0.6 is 0 Å². The van der Waals surface area contributed by atoms with E-state index in [2.05, 4.69) is 9.57 Å². The van der Waals surface area contributed by atoms with Crippen LogP contribution in [0.1, 0.15) is 20.7 Å². The van der Waals surface area contributed by atoms with Crippen molar-refractivity contribution >= 4 is 33.3 Å². The van der Waals surface area contributed by atoms with Gasteiger partial charge in [0.05, 0.1) is 28.3 Å². The number of nitrogens with one attached hydrogen (secondary N) is 1. The Morgan fingerprint density at radius 3 is 2.19 bits per heavy atom. The molecule has 0 spiro atoms. The number of ether oxygens (including phenoxy) is 1. The molecule has 9 nitrogen and oxygen atoms in total. The van der Waals surface area contributed by atoms with Crippen molar-refractivity contribution < 1.29 is 33.0 Å². The zero-order valence-electron chi connectivity index (χ0n) is 15.6. The highest BCUT2D eigenvalue weighted by Gasteiger charge is 2.19. The minimum absolute atomic E-state index is 0.00965. The number of hydrogen-bond donors (Lipinski definition) is 3. The first-order valence-electron chi connectivity index (χ1n) is 8.58. The molecule has 0 saturated carbocycles. The van der Waals surface area contributed by atoms with Crippen molar-refractivity contribution in [1.82, 2.24) is 0 Å². The number of carboxylic acids is 2. The van der Waals surface area contributed by atoms with Gasteiger partial charge in [-0.1, -0.05) is 30.3 Å². The molecule has 3 rings (SSSR count). The SMILES string of the molecule is [C-]#[N+]c1ccc(S(=O)(=O)Nc2ccc(Oc3cccc(C(=O)O)c3)cc2C(=O)O)cc1. The lowest BCUT2D eigenvalue weighted by Crippen LogP contribution is -2.15. The minimum atomic E-state index is -4.10. The van der Waals surface area contributed by atoms with Gasteiger partial charge in [-0.2, -0.15) is 0 Å². The Kier molecular flexibility index (Phi) is 5.90. The molecular weight excluding hydrogens is 424 g/mol. The van der Waals surface area contributed by atoms with Gasteiger partial charge in [0.25, 0.3) is 10.0 Å². The molecule has 0 aliphatic carbocycles. The van der Waals surface area contributed by atoms with E-state index in [9.17, 15) is 23.1 Å². The Balaban J connectivity index is 1.90. The number of rotatable bonds is 7. The number of nitrogens with zero attached hydrogens (tertiary/aromatic N) is 1. The van der Waals surface area contributed by atoms with Gasteiger partial charge < -0.3 is 14.9 Å². The van der Waals surface area contributed by atoms with Crippen LogP contribution < -0.4 is 9.46 Å². The fourth-order valence-corrected chi connectivity index (χ4v) is 3.66. The molecule has 0 fully saturated rings. The van der Waals surface area contributed by atoms with E-state index in [0.29, 0.717) is 0 Å². The Morgan fingerprint density at radius 1 is 0.903 bits per heavy atom. The Morgan fingerprint density at radius 2 is 1.58 bits per heavy atom. The summed E-state index contributed by atoms with van der Waals surface area (Å²) in [7, 11) is -4.10. The van der Waals surface area contributed by atoms with Crippen LogP contribution in [0.2, 0.25) is 0 Å². The monoisotopic (exact) mass is 438 g/mol. The summed E-state index contributed by atoms with van der Waals surface area (Å²) < 4.78 is 32.9. The average molecular weight is 438 g/mol. The van der Waals surface area contributed by atoms with Gasteiger partial charge in [0.2, 0.25) is 0 Å². The molecule has 3 aromatic rings. The largest absolute Gasteiger partial charge is 0.478 e. The summed E-state index contributed by atoms with van der Waals surface area (Å²) in [6.07, 6.45) is 0. The predicted octanol–water partition coefficient (Wildman–Crippen LogP) is 4.23. The summed E-state index contributed by atoms with van der Waals surface area (Å²) in [4.78, 5) is 25.8. The third kappa shape index (κ3) is 4.98. The molecule has 156 valence electrons. The van der Waals surface area contributed by atoms with Crippen molar-refractivity contribution in [2.24, 2.45) is 0 Å². The van der Waals surface area contributed by atoms with Crippen molar-refractivity contribution in [2.45, 2.75) is 4.90 Å². The zero-order chi connectivity index (χ0) is 22.6. The smallest absolute Gasteiger partial charge is 0.337 e. The molecule has 0 radical (unpaired) electrons. The van der Waals surface area contributed by atoms with Crippen LogP contribution in [0.4, 0.5) is 11.4 Å². The standard InChI is InChI=1S/C21H14N2O7S/c1-22-14-5-8-17(9-6-14)31(28,29)23-19-10-7-16(12-18(19)21(26)27)30-15-4-2-3-13(11-15)20(24)25/h2-12,23H,(H,24,25)(H,26,27). The predicted molar refractivity (Wildman–Crippen MR) is 110 cm³/mol. The second-order valence-electron chi connectivity index (χ2n) is 6.16. The summed E-state index contributed by atoms with van der Waals surface area (Å²) in [6, 6.07) is 14.5. The van der Waals surface area contributed by atoms with Crippen LogP contribution in [0.25, 0.3) is 4.85 Å². The van der Waals surface area contributed by atoms with E-state index in [1.807, 2.05) is 0 Å². The summed E-state index contributed by atoms with van der Waals surface area (Å²) in [5.41, 5.74) is -0.301. The first-order valence-corrected chi connectivity index (χ1v) is 10.1. The van der Waals surface area contributed by atoms with Crippen molar-refractivity contribution in [2.75, 3.05) is 4.72 Å². The number of anilines is 1. The summed E-state index contributed by atoms with van der Waals surface area (Å²) in [5, 5.41) is 18.6. The number of hydrogen-bond acceptors (Lipinski definition) is 5. The second-order valence-corrected chi connectivity index (χ2v) is 7.84. The molecule has 10 heteroatoms. The molecule has 0 saturated heterocycles. The van der Waals surface area contributed by atoms with Crippen LogP contribution in [-0.2, 0) is 10.0 Å². The number of carbonyl (C=O) groups is 2. The summed E-state index contributed by atoms with van der Waals surface area (Å²) in [5.74, 6) is -2.30. The fraction of sp³-hybridized carbons (Fsp3) is 0. The number of sulfonamides is 1. The third-order valence-corrected chi connectivity index (χ3v) is 5.44. The van der Waals surface area contributed by atoms with Gasteiger partial charge in [0.1, 0.15) is 11.5 Å². The van der Waals surface area contributed by atoms with Gasteiger partial charge in [-0.25, -0.2) is 22.9 Å².